The van der Waals surface area contributed by atoms with Gasteiger partial charge in [0.05, 0.1) is 8.68 Å². The summed E-state index contributed by atoms with van der Waals surface area (Å²) in [5.41, 5.74) is 0. The molecule has 2 heterocycles. The molecule has 1 aliphatic heterocycles. The quantitative estimate of drug-likeness (QED) is 0.872. The molecule has 2 rings (SSSR count). The number of aryl methyl sites for hydroxylation is 1. The summed E-state index contributed by atoms with van der Waals surface area (Å²) in [6.07, 6.45) is 2.21. The van der Waals surface area contributed by atoms with Crippen LogP contribution in [-0.4, -0.2) is 28.1 Å². The van der Waals surface area contributed by atoms with Gasteiger partial charge >= 0.3 is 0 Å². The Morgan fingerprint density at radius 1 is 1.61 bits per heavy atom. The molecule has 1 aromatic heterocycles. The highest BCUT2D eigenvalue weighted by atomic mass is 79.9. The number of hydrogen-bond donors (Lipinski definition) is 2. The lowest BCUT2D eigenvalue weighted by atomic mass is 10.0. The lowest BCUT2D eigenvalue weighted by molar-refractivity contribution is 0.376. The van der Waals surface area contributed by atoms with Crippen molar-refractivity contribution in [3.63, 3.8) is 0 Å². The molecule has 0 aromatic carbocycles. The minimum Gasteiger partial charge on any atom is -0.316 e. The Morgan fingerprint density at radius 2 is 2.39 bits per heavy atom. The largest absolute Gasteiger partial charge is 0.316 e. The van der Waals surface area contributed by atoms with Crippen LogP contribution in [0, 0.1) is 12.8 Å². The van der Waals surface area contributed by atoms with Gasteiger partial charge in [-0.1, -0.05) is 0 Å². The fourth-order valence-electron chi connectivity index (χ4n) is 2.10. The van der Waals surface area contributed by atoms with E-state index >= 15 is 0 Å². The number of hydrogen-bond acceptors (Lipinski definition) is 4. The van der Waals surface area contributed by atoms with Crippen molar-refractivity contribution >= 4 is 37.3 Å². The minimum absolute atomic E-state index is 0.392. The van der Waals surface area contributed by atoms with E-state index in [1.165, 1.54) is 11.3 Å². The van der Waals surface area contributed by atoms with Crippen LogP contribution in [0.15, 0.2) is 14.7 Å². The molecule has 1 aliphatic rings. The maximum absolute atomic E-state index is 12.2. The van der Waals surface area contributed by atoms with Crippen molar-refractivity contribution in [2.24, 2.45) is 5.92 Å². The first-order valence-electron chi connectivity index (χ1n) is 5.95. The van der Waals surface area contributed by atoms with E-state index in [4.69, 9.17) is 0 Å². The van der Waals surface area contributed by atoms with Gasteiger partial charge in [-0.25, -0.2) is 13.1 Å². The predicted molar refractivity (Wildman–Crippen MR) is 77.5 cm³/mol. The summed E-state index contributed by atoms with van der Waals surface area (Å²) >= 11 is 4.76. The third-order valence-electron chi connectivity index (χ3n) is 3.09. The summed E-state index contributed by atoms with van der Waals surface area (Å²) < 4.78 is 27.9. The first-order chi connectivity index (χ1) is 8.49. The average molecular weight is 353 g/mol. The van der Waals surface area contributed by atoms with E-state index in [1.54, 1.807) is 6.07 Å². The summed E-state index contributed by atoms with van der Waals surface area (Å²) in [6.45, 7) is 4.28. The summed E-state index contributed by atoms with van der Waals surface area (Å²) in [4.78, 5) is 1.21. The van der Waals surface area contributed by atoms with E-state index in [1.807, 2.05) is 6.92 Å². The molecule has 0 amide bonds. The molecule has 1 aromatic rings. The third-order valence-corrected chi connectivity index (χ3v) is 6.33. The fraction of sp³-hybridized carbons (Fsp3) is 0.636. The van der Waals surface area contributed by atoms with Crippen molar-refractivity contribution in [3.05, 3.63) is 14.7 Å². The number of sulfonamides is 1. The van der Waals surface area contributed by atoms with Gasteiger partial charge in [0.25, 0.3) is 0 Å². The van der Waals surface area contributed by atoms with E-state index in [2.05, 4.69) is 26.0 Å². The molecule has 1 saturated heterocycles. The van der Waals surface area contributed by atoms with E-state index in [0.29, 0.717) is 17.4 Å². The van der Waals surface area contributed by atoms with Gasteiger partial charge in [0, 0.05) is 11.4 Å². The van der Waals surface area contributed by atoms with Gasteiger partial charge in [-0.05, 0) is 60.8 Å². The van der Waals surface area contributed by atoms with E-state index in [0.717, 1.165) is 34.6 Å². The zero-order valence-electron chi connectivity index (χ0n) is 10.2. The van der Waals surface area contributed by atoms with Crippen molar-refractivity contribution < 1.29 is 8.42 Å². The minimum atomic E-state index is -3.37. The van der Waals surface area contributed by atoms with Crippen LogP contribution in [0.2, 0.25) is 0 Å². The molecule has 0 bridgehead atoms. The molecule has 0 saturated carbocycles. The van der Waals surface area contributed by atoms with Crippen molar-refractivity contribution in [1.82, 2.24) is 10.0 Å². The third kappa shape index (κ3) is 3.54. The molecule has 2 N–H and O–H groups in total. The summed E-state index contributed by atoms with van der Waals surface area (Å²) in [5.74, 6) is 0.399. The number of rotatable bonds is 4. The Balaban J connectivity index is 2.01. The smallest absolute Gasteiger partial charge is 0.241 e. The molecule has 0 aliphatic carbocycles. The van der Waals surface area contributed by atoms with Crippen LogP contribution in [0.4, 0.5) is 0 Å². The van der Waals surface area contributed by atoms with Gasteiger partial charge in [-0.3, -0.25) is 0 Å². The Bertz CT molecular complexity index is 507. The topological polar surface area (TPSA) is 58.2 Å². The summed E-state index contributed by atoms with van der Waals surface area (Å²) in [7, 11) is -3.37. The summed E-state index contributed by atoms with van der Waals surface area (Å²) in [6, 6.07) is 1.67. The molecule has 4 nitrogen and oxygen atoms in total. The highest BCUT2D eigenvalue weighted by Gasteiger charge is 2.21. The van der Waals surface area contributed by atoms with Crippen LogP contribution in [0.25, 0.3) is 0 Å². The molecule has 1 unspecified atom stereocenters. The van der Waals surface area contributed by atoms with Gasteiger partial charge in [0.2, 0.25) is 10.0 Å². The van der Waals surface area contributed by atoms with Crippen molar-refractivity contribution in [2.45, 2.75) is 24.7 Å². The molecule has 1 fully saturated rings. The fourth-order valence-corrected chi connectivity index (χ4v) is 5.63. The van der Waals surface area contributed by atoms with Gasteiger partial charge in [0.15, 0.2) is 0 Å². The standard InChI is InChI=1S/C11H17BrN2O2S2/c1-8-10(5-11(12)17-8)18(15,16)14-7-9-3-2-4-13-6-9/h5,9,13-14H,2-4,6-7H2,1H3. The molecule has 0 spiro atoms. The normalized spacial score (nSPS) is 21.1. The SMILES string of the molecule is Cc1sc(Br)cc1S(=O)(=O)NCC1CCCNC1. The van der Waals surface area contributed by atoms with Gasteiger partial charge in [-0.15, -0.1) is 11.3 Å². The van der Waals surface area contributed by atoms with Crippen molar-refractivity contribution in [2.75, 3.05) is 19.6 Å². The maximum Gasteiger partial charge on any atom is 0.241 e. The number of halogens is 1. The molecular formula is C11H17BrN2O2S2. The highest BCUT2D eigenvalue weighted by Crippen LogP contribution is 2.29. The van der Waals surface area contributed by atoms with E-state index < -0.39 is 10.0 Å². The Labute approximate surface area is 120 Å². The number of nitrogens with one attached hydrogen (secondary N) is 2. The van der Waals surface area contributed by atoms with Gasteiger partial charge in [-0.2, -0.15) is 0 Å². The van der Waals surface area contributed by atoms with Crippen molar-refractivity contribution in [3.8, 4) is 0 Å². The Morgan fingerprint density at radius 3 is 2.94 bits per heavy atom. The van der Waals surface area contributed by atoms with Crippen molar-refractivity contribution in [1.29, 1.82) is 0 Å². The molecule has 7 heteroatoms. The average Bonchev–Trinajstić information content (AvgIpc) is 2.68. The Kier molecular flexibility index (Phi) is 4.82. The second-order valence-electron chi connectivity index (χ2n) is 4.54. The van der Waals surface area contributed by atoms with Gasteiger partial charge in [0.1, 0.15) is 0 Å². The lowest BCUT2D eigenvalue weighted by Crippen LogP contribution is -2.38. The molecule has 18 heavy (non-hydrogen) atoms. The first kappa shape index (κ1) is 14.5. The lowest BCUT2D eigenvalue weighted by Gasteiger charge is -2.22. The van der Waals surface area contributed by atoms with E-state index in [-0.39, 0.29) is 0 Å². The zero-order chi connectivity index (χ0) is 13.2. The number of piperidine rings is 1. The molecule has 0 radical (unpaired) electrons. The molecule has 102 valence electrons. The second kappa shape index (κ2) is 6.00. The van der Waals surface area contributed by atoms with Crippen LogP contribution in [0.3, 0.4) is 0 Å². The maximum atomic E-state index is 12.2. The number of thiophene rings is 1. The zero-order valence-corrected chi connectivity index (χ0v) is 13.4. The first-order valence-corrected chi connectivity index (χ1v) is 9.04. The van der Waals surface area contributed by atoms with Gasteiger partial charge < -0.3 is 5.32 Å². The second-order valence-corrected chi connectivity index (χ2v) is 8.91. The van der Waals surface area contributed by atoms with Crippen LogP contribution in [-0.2, 0) is 10.0 Å². The van der Waals surface area contributed by atoms with E-state index in [9.17, 15) is 8.42 Å². The summed E-state index contributed by atoms with van der Waals surface area (Å²) in [5, 5.41) is 3.29. The Hall–Kier alpha value is 0.0500. The highest BCUT2D eigenvalue weighted by molar-refractivity contribution is 9.11. The van der Waals surface area contributed by atoms with Crippen LogP contribution >= 0.6 is 27.3 Å². The van der Waals surface area contributed by atoms with Crippen LogP contribution in [0.1, 0.15) is 17.7 Å². The monoisotopic (exact) mass is 352 g/mol. The molecular weight excluding hydrogens is 336 g/mol. The predicted octanol–water partition coefficient (Wildman–Crippen LogP) is 2.10. The van der Waals surface area contributed by atoms with Crippen LogP contribution in [0.5, 0.6) is 0 Å². The van der Waals surface area contributed by atoms with Crippen LogP contribution < -0.4 is 10.0 Å². The molecule has 1 atom stereocenters.